The lowest BCUT2D eigenvalue weighted by atomic mass is 9.93. The summed E-state index contributed by atoms with van der Waals surface area (Å²) in [7, 11) is 1.62. The van der Waals surface area contributed by atoms with Crippen molar-refractivity contribution in [3.8, 4) is 0 Å². The molecule has 0 spiro atoms. The van der Waals surface area contributed by atoms with Crippen molar-refractivity contribution >= 4 is 22.6 Å². The molecule has 1 saturated heterocycles. The van der Waals surface area contributed by atoms with Gasteiger partial charge in [0.05, 0.1) is 6.04 Å². The average Bonchev–Trinajstić information content (AvgIpc) is 2.49. The Kier molecular flexibility index (Phi) is 3.35. The molecule has 2 aromatic carbocycles. The number of morpholine rings is 1. The molecule has 1 N–H and O–H groups in total. The van der Waals surface area contributed by atoms with Gasteiger partial charge in [0.1, 0.15) is 6.61 Å². The summed E-state index contributed by atoms with van der Waals surface area (Å²) >= 11 is 0. The lowest BCUT2D eigenvalue weighted by molar-refractivity contribution is -0.171. The van der Waals surface area contributed by atoms with E-state index in [9.17, 15) is 14.7 Å². The number of fused-ring (bicyclic) bond motifs is 1. The molecule has 21 heavy (non-hydrogen) atoms. The number of carboxylic acid groups (broad SMARTS) is 1. The summed E-state index contributed by atoms with van der Waals surface area (Å²) in [6.45, 7) is -0.200. The van der Waals surface area contributed by atoms with E-state index in [-0.39, 0.29) is 12.5 Å². The molecule has 5 nitrogen and oxygen atoms in total. The maximum atomic E-state index is 11.9. The third-order valence-electron chi connectivity index (χ3n) is 3.87. The van der Waals surface area contributed by atoms with Gasteiger partial charge in [0.15, 0.2) is 6.10 Å². The summed E-state index contributed by atoms with van der Waals surface area (Å²) in [6.07, 6.45) is -1.06. The molecule has 0 bridgehead atoms. The summed E-state index contributed by atoms with van der Waals surface area (Å²) in [6, 6.07) is 12.7. The van der Waals surface area contributed by atoms with Crippen molar-refractivity contribution in [2.75, 3.05) is 13.7 Å². The van der Waals surface area contributed by atoms with Gasteiger partial charge in [-0.25, -0.2) is 4.79 Å². The molecule has 0 aromatic heterocycles. The van der Waals surface area contributed by atoms with Crippen molar-refractivity contribution < 1.29 is 19.4 Å². The number of amides is 1. The maximum Gasteiger partial charge on any atom is 0.335 e. The van der Waals surface area contributed by atoms with Crippen molar-refractivity contribution in [3.05, 3.63) is 48.0 Å². The highest BCUT2D eigenvalue weighted by molar-refractivity contribution is 5.89. The Balaban J connectivity index is 2.17. The summed E-state index contributed by atoms with van der Waals surface area (Å²) in [4.78, 5) is 24.8. The van der Waals surface area contributed by atoms with Crippen LogP contribution in [0.2, 0.25) is 0 Å². The van der Waals surface area contributed by atoms with Crippen molar-refractivity contribution in [2.24, 2.45) is 0 Å². The maximum absolute atomic E-state index is 11.9. The van der Waals surface area contributed by atoms with Crippen molar-refractivity contribution in [1.29, 1.82) is 0 Å². The number of hydrogen-bond acceptors (Lipinski definition) is 3. The first-order valence-electron chi connectivity index (χ1n) is 6.67. The van der Waals surface area contributed by atoms with Crippen LogP contribution >= 0.6 is 0 Å². The number of carbonyl (C=O) groups excluding carboxylic acids is 1. The van der Waals surface area contributed by atoms with E-state index in [0.717, 1.165) is 16.3 Å². The SMILES string of the molecule is CN1C(=O)COC(C(=O)O)C1c1cccc2ccccc12. The van der Waals surface area contributed by atoms with Crippen LogP contribution in [-0.2, 0) is 14.3 Å². The molecule has 0 aliphatic carbocycles. The minimum atomic E-state index is -1.06. The van der Waals surface area contributed by atoms with Crippen molar-refractivity contribution in [1.82, 2.24) is 4.90 Å². The molecule has 2 atom stereocenters. The standard InChI is InChI=1S/C16H15NO4/c1-17-13(18)9-21-15(16(19)20)14(17)12-8-4-6-10-5-2-3-7-11(10)12/h2-8,14-15H,9H2,1H3,(H,19,20). The van der Waals surface area contributed by atoms with E-state index in [1.54, 1.807) is 7.05 Å². The predicted molar refractivity (Wildman–Crippen MR) is 76.8 cm³/mol. The number of ether oxygens (including phenoxy) is 1. The number of carboxylic acids is 1. The van der Waals surface area contributed by atoms with Crippen LogP contribution in [0.5, 0.6) is 0 Å². The second-order valence-corrected chi connectivity index (χ2v) is 5.09. The fourth-order valence-corrected chi connectivity index (χ4v) is 2.80. The Morgan fingerprint density at radius 2 is 1.95 bits per heavy atom. The Labute approximate surface area is 121 Å². The zero-order valence-corrected chi connectivity index (χ0v) is 11.5. The molecule has 0 saturated carbocycles. The molecule has 108 valence electrons. The summed E-state index contributed by atoms with van der Waals surface area (Å²) in [5, 5.41) is 11.3. The second kappa shape index (κ2) is 5.18. The normalized spacial score (nSPS) is 22.5. The van der Waals surface area contributed by atoms with Gasteiger partial charge < -0.3 is 14.7 Å². The molecule has 2 unspecified atom stereocenters. The Morgan fingerprint density at radius 3 is 2.71 bits per heavy atom. The number of rotatable bonds is 2. The Bertz CT molecular complexity index is 707. The molecule has 1 amide bonds. The third-order valence-corrected chi connectivity index (χ3v) is 3.87. The monoisotopic (exact) mass is 285 g/mol. The lowest BCUT2D eigenvalue weighted by Crippen LogP contribution is -2.50. The average molecular weight is 285 g/mol. The molecule has 1 aliphatic heterocycles. The number of benzene rings is 2. The summed E-state index contributed by atoms with van der Waals surface area (Å²) in [5.74, 6) is -1.28. The molecule has 1 fully saturated rings. The van der Waals surface area contributed by atoms with E-state index in [1.807, 2.05) is 42.5 Å². The van der Waals surface area contributed by atoms with E-state index >= 15 is 0 Å². The van der Waals surface area contributed by atoms with Crippen LogP contribution in [0.4, 0.5) is 0 Å². The molecule has 3 rings (SSSR count). The minimum Gasteiger partial charge on any atom is -0.479 e. The first-order valence-corrected chi connectivity index (χ1v) is 6.67. The van der Waals surface area contributed by atoms with E-state index in [4.69, 9.17) is 4.74 Å². The van der Waals surface area contributed by atoms with E-state index < -0.39 is 18.1 Å². The summed E-state index contributed by atoms with van der Waals surface area (Å²) in [5.41, 5.74) is 0.788. The minimum absolute atomic E-state index is 0.200. The molecule has 1 aliphatic rings. The highest BCUT2D eigenvalue weighted by atomic mass is 16.5. The van der Waals surface area contributed by atoms with Crippen LogP contribution in [0.25, 0.3) is 10.8 Å². The highest BCUT2D eigenvalue weighted by Crippen LogP contribution is 2.33. The molecule has 2 aromatic rings. The Hall–Kier alpha value is -2.40. The smallest absolute Gasteiger partial charge is 0.335 e. The first-order chi connectivity index (χ1) is 10.1. The third kappa shape index (κ3) is 2.25. The topological polar surface area (TPSA) is 66.8 Å². The fraction of sp³-hybridized carbons (Fsp3) is 0.250. The molecule has 5 heteroatoms. The first kappa shape index (κ1) is 13.6. The molecule has 1 heterocycles. The van der Waals surface area contributed by atoms with Crippen LogP contribution in [0.1, 0.15) is 11.6 Å². The van der Waals surface area contributed by atoms with E-state index in [1.165, 1.54) is 4.90 Å². The number of aliphatic carboxylic acids is 1. The Morgan fingerprint density at radius 1 is 1.24 bits per heavy atom. The van der Waals surface area contributed by atoms with Gasteiger partial charge in [-0.15, -0.1) is 0 Å². The van der Waals surface area contributed by atoms with Crippen molar-refractivity contribution in [2.45, 2.75) is 12.1 Å². The number of hydrogen-bond donors (Lipinski definition) is 1. The van der Waals surface area contributed by atoms with Gasteiger partial charge in [0, 0.05) is 7.05 Å². The fourth-order valence-electron chi connectivity index (χ4n) is 2.80. The summed E-state index contributed by atoms with van der Waals surface area (Å²) < 4.78 is 5.25. The zero-order chi connectivity index (χ0) is 15.0. The zero-order valence-electron chi connectivity index (χ0n) is 11.5. The van der Waals surface area contributed by atoms with Gasteiger partial charge in [-0.3, -0.25) is 4.79 Å². The van der Waals surface area contributed by atoms with Gasteiger partial charge in [0.25, 0.3) is 0 Å². The predicted octanol–water partition coefficient (Wildman–Crippen LogP) is 1.82. The molecule has 0 radical (unpaired) electrons. The highest BCUT2D eigenvalue weighted by Gasteiger charge is 2.40. The van der Waals surface area contributed by atoms with Gasteiger partial charge in [-0.05, 0) is 16.3 Å². The number of nitrogens with zero attached hydrogens (tertiary/aromatic N) is 1. The number of likely N-dealkylation sites (N-methyl/N-ethyl adjacent to an activating group) is 1. The molecular weight excluding hydrogens is 270 g/mol. The van der Waals surface area contributed by atoms with Crippen LogP contribution < -0.4 is 0 Å². The lowest BCUT2D eigenvalue weighted by Gasteiger charge is -2.37. The number of carbonyl (C=O) groups is 2. The van der Waals surface area contributed by atoms with Crippen LogP contribution in [0.15, 0.2) is 42.5 Å². The van der Waals surface area contributed by atoms with E-state index in [0.29, 0.717) is 0 Å². The van der Waals surface area contributed by atoms with Crippen LogP contribution in [-0.4, -0.2) is 41.6 Å². The quantitative estimate of drug-likeness (QED) is 0.914. The largest absolute Gasteiger partial charge is 0.479 e. The molecular formula is C16H15NO4. The van der Waals surface area contributed by atoms with E-state index in [2.05, 4.69) is 0 Å². The second-order valence-electron chi connectivity index (χ2n) is 5.09. The van der Waals surface area contributed by atoms with Crippen LogP contribution in [0, 0.1) is 0 Å². The van der Waals surface area contributed by atoms with Gasteiger partial charge in [-0.1, -0.05) is 42.5 Å². The van der Waals surface area contributed by atoms with Gasteiger partial charge >= 0.3 is 5.97 Å². The van der Waals surface area contributed by atoms with Gasteiger partial charge in [0.2, 0.25) is 5.91 Å². The van der Waals surface area contributed by atoms with Crippen molar-refractivity contribution in [3.63, 3.8) is 0 Å². The van der Waals surface area contributed by atoms with Crippen LogP contribution in [0.3, 0.4) is 0 Å². The van der Waals surface area contributed by atoms with Gasteiger partial charge in [-0.2, -0.15) is 0 Å².